The summed E-state index contributed by atoms with van der Waals surface area (Å²) in [5.41, 5.74) is 2.61. The highest BCUT2D eigenvalue weighted by molar-refractivity contribution is 7.10. The Kier molecular flexibility index (Phi) is 4.25. The van der Waals surface area contributed by atoms with Gasteiger partial charge in [-0.2, -0.15) is 0 Å². The van der Waals surface area contributed by atoms with E-state index in [0.717, 1.165) is 36.3 Å². The first-order valence-electron chi connectivity index (χ1n) is 7.74. The Bertz CT molecular complexity index is 680. The van der Waals surface area contributed by atoms with Gasteiger partial charge in [0.25, 0.3) is 5.91 Å². The molecule has 2 aromatic rings. The fourth-order valence-electron chi connectivity index (χ4n) is 2.89. The summed E-state index contributed by atoms with van der Waals surface area (Å²) in [6.07, 6.45) is 5.52. The minimum absolute atomic E-state index is 0.0577. The van der Waals surface area contributed by atoms with Crippen molar-refractivity contribution in [2.45, 2.75) is 45.6 Å². The third-order valence-corrected chi connectivity index (χ3v) is 5.30. The number of hydrogen-bond acceptors (Lipinski definition) is 4. The molecule has 5 heteroatoms. The van der Waals surface area contributed by atoms with Crippen LogP contribution < -0.4 is 0 Å². The zero-order chi connectivity index (χ0) is 15.7. The number of nitrogens with zero attached hydrogens (tertiary/aromatic N) is 3. The van der Waals surface area contributed by atoms with Crippen LogP contribution in [-0.4, -0.2) is 27.3 Å². The van der Waals surface area contributed by atoms with E-state index in [-0.39, 0.29) is 11.9 Å². The summed E-state index contributed by atoms with van der Waals surface area (Å²) in [6.45, 7) is 7.04. The van der Waals surface area contributed by atoms with Crippen LogP contribution >= 0.6 is 11.3 Å². The van der Waals surface area contributed by atoms with Crippen molar-refractivity contribution in [1.29, 1.82) is 0 Å². The van der Waals surface area contributed by atoms with Crippen LogP contribution in [0.2, 0.25) is 0 Å². The van der Waals surface area contributed by atoms with Gasteiger partial charge in [-0.05, 0) is 31.7 Å². The molecule has 0 aliphatic carbocycles. The number of hydrogen-bond donors (Lipinski definition) is 0. The van der Waals surface area contributed by atoms with Gasteiger partial charge in [-0.1, -0.05) is 13.8 Å². The van der Waals surface area contributed by atoms with E-state index in [0.29, 0.717) is 5.92 Å². The Balaban J connectivity index is 1.84. The highest BCUT2D eigenvalue weighted by Gasteiger charge is 2.32. The molecule has 1 aliphatic heterocycles. The van der Waals surface area contributed by atoms with E-state index in [1.165, 1.54) is 4.88 Å². The lowest BCUT2D eigenvalue weighted by molar-refractivity contribution is 0.0733. The zero-order valence-corrected chi connectivity index (χ0v) is 14.1. The monoisotopic (exact) mass is 315 g/mol. The largest absolute Gasteiger partial charge is 0.330 e. The van der Waals surface area contributed by atoms with E-state index >= 15 is 0 Å². The topological polar surface area (TPSA) is 46.1 Å². The van der Waals surface area contributed by atoms with Gasteiger partial charge in [0.1, 0.15) is 0 Å². The molecule has 1 amide bonds. The summed E-state index contributed by atoms with van der Waals surface area (Å²) in [4.78, 5) is 24.8. The van der Waals surface area contributed by atoms with Gasteiger partial charge in [-0.25, -0.2) is 0 Å². The number of likely N-dealkylation sites (tertiary alicyclic amines) is 1. The van der Waals surface area contributed by atoms with E-state index in [9.17, 15) is 4.79 Å². The summed E-state index contributed by atoms with van der Waals surface area (Å²) >= 11 is 1.67. The summed E-state index contributed by atoms with van der Waals surface area (Å²) in [7, 11) is 0. The molecule has 3 rings (SSSR count). The number of aromatic nitrogens is 2. The predicted molar refractivity (Wildman–Crippen MR) is 88.2 cm³/mol. The summed E-state index contributed by atoms with van der Waals surface area (Å²) in [6, 6.07) is 2.09. The molecular formula is C17H21N3OS. The minimum Gasteiger partial charge on any atom is -0.330 e. The molecule has 1 fully saturated rings. The summed E-state index contributed by atoms with van der Waals surface area (Å²) in [5, 5.41) is 1.98. The maximum Gasteiger partial charge on any atom is 0.255 e. The van der Waals surface area contributed by atoms with Gasteiger partial charge in [-0.15, -0.1) is 11.3 Å². The van der Waals surface area contributed by atoms with Crippen LogP contribution in [0.1, 0.15) is 65.3 Å². The van der Waals surface area contributed by atoms with E-state index in [2.05, 4.69) is 23.8 Å². The molecule has 0 aromatic carbocycles. The summed E-state index contributed by atoms with van der Waals surface area (Å²) < 4.78 is 0. The summed E-state index contributed by atoms with van der Waals surface area (Å²) in [5.74, 6) is 0.581. The van der Waals surface area contributed by atoms with Crippen molar-refractivity contribution in [3.8, 4) is 0 Å². The van der Waals surface area contributed by atoms with E-state index < -0.39 is 0 Å². The quantitative estimate of drug-likeness (QED) is 0.861. The van der Waals surface area contributed by atoms with Crippen LogP contribution in [0.25, 0.3) is 0 Å². The van der Waals surface area contributed by atoms with E-state index in [1.807, 2.05) is 23.3 Å². The van der Waals surface area contributed by atoms with Crippen LogP contribution in [0.5, 0.6) is 0 Å². The van der Waals surface area contributed by atoms with Crippen molar-refractivity contribution in [3.05, 3.63) is 45.7 Å². The lowest BCUT2D eigenvalue weighted by Gasteiger charge is -2.24. The molecule has 0 spiro atoms. The van der Waals surface area contributed by atoms with Crippen LogP contribution in [0.15, 0.2) is 23.8 Å². The van der Waals surface area contributed by atoms with E-state index in [4.69, 9.17) is 0 Å². The Morgan fingerprint density at radius 1 is 1.41 bits per heavy atom. The third-order valence-electron chi connectivity index (χ3n) is 4.06. The average molecular weight is 315 g/mol. The third kappa shape index (κ3) is 2.90. The smallest absolute Gasteiger partial charge is 0.255 e. The second-order valence-corrected chi connectivity index (χ2v) is 7.08. The molecule has 1 saturated heterocycles. The molecule has 22 heavy (non-hydrogen) atoms. The second kappa shape index (κ2) is 6.16. The second-order valence-electron chi connectivity index (χ2n) is 6.13. The molecular weight excluding hydrogens is 294 g/mol. The van der Waals surface area contributed by atoms with Crippen LogP contribution in [0.3, 0.4) is 0 Å². The molecule has 1 atom stereocenters. The minimum atomic E-state index is 0.0577. The SMILES string of the molecule is Cc1cncc([C@@H]2CCCN2C(=O)c2csc(C(C)C)c2)n1. The van der Waals surface area contributed by atoms with Crippen LogP contribution in [0, 0.1) is 6.92 Å². The molecule has 0 N–H and O–H groups in total. The van der Waals surface area contributed by atoms with Crippen molar-refractivity contribution in [1.82, 2.24) is 14.9 Å². The molecule has 0 radical (unpaired) electrons. The number of aryl methyl sites for hydroxylation is 1. The number of thiophene rings is 1. The highest BCUT2D eigenvalue weighted by atomic mass is 32.1. The lowest BCUT2D eigenvalue weighted by Crippen LogP contribution is -2.30. The van der Waals surface area contributed by atoms with Gasteiger partial charge >= 0.3 is 0 Å². The lowest BCUT2D eigenvalue weighted by atomic mass is 10.1. The van der Waals surface area contributed by atoms with Gasteiger partial charge < -0.3 is 4.90 Å². The molecule has 4 nitrogen and oxygen atoms in total. The molecule has 0 bridgehead atoms. The fourth-order valence-corrected chi connectivity index (χ4v) is 3.79. The van der Waals surface area contributed by atoms with Crippen molar-refractivity contribution >= 4 is 17.2 Å². The molecule has 0 unspecified atom stereocenters. The Morgan fingerprint density at radius 2 is 2.23 bits per heavy atom. The van der Waals surface area contributed by atoms with Crippen molar-refractivity contribution in [2.75, 3.05) is 6.54 Å². The molecule has 1 aliphatic rings. The van der Waals surface area contributed by atoms with Gasteiger partial charge in [0.2, 0.25) is 0 Å². The maximum atomic E-state index is 12.8. The predicted octanol–water partition coefficient (Wildman–Crippen LogP) is 3.95. The van der Waals surface area contributed by atoms with Gasteiger partial charge in [0.05, 0.1) is 29.2 Å². The fraction of sp³-hybridized carbons (Fsp3) is 0.471. The Hall–Kier alpha value is -1.75. The number of rotatable bonds is 3. The van der Waals surface area contributed by atoms with Gasteiger partial charge in [0.15, 0.2) is 0 Å². The van der Waals surface area contributed by atoms with Crippen molar-refractivity contribution in [2.24, 2.45) is 0 Å². The Morgan fingerprint density at radius 3 is 2.91 bits per heavy atom. The van der Waals surface area contributed by atoms with Gasteiger partial charge in [0, 0.05) is 23.0 Å². The molecule has 2 aromatic heterocycles. The van der Waals surface area contributed by atoms with Crippen molar-refractivity contribution in [3.63, 3.8) is 0 Å². The number of carbonyl (C=O) groups excluding carboxylic acids is 1. The molecule has 3 heterocycles. The first-order chi connectivity index (χ1) is 10.6. The van der Waals surface area contributed by atoms with Gasteiger partial charge in [-0.3, -0.25) is 14.8 Å². The molecule has 116 valence electrons. The number of carbonyl (C=O) groups is 1. The maximum absolute atomic E-state index is 12.8. The molecule has 0 saturated carbocycles. The zero-order valence-electron chi connectivity index (χ0n) is 13.2. The van der Waals surface area contributed by atoms with Crippen molar-refractivity contribution < 1.29 is 4.79 Å². The normalized spacial score (nSPS) is 18.2. The average Bonchev–Trinajstić information content (AvgIpc) is 3.16. The van der Waals surface area contributed by atoms with Crippen LogP contribution in [0.4, 0.5) is 0 Å². The first kappa shape index (κ1) is 15.2. The van der Waals surface area contributed by atoms with E-state index in [1.54, 1.807) is 23.7 Å². The highest BCUT2D eigenvalue weighted by Crippen LogP contribution is 2.33. The Labute approximate surface area is 135 Å². The van der Waals surface area contributed by atoms with Crippen LogP contribution in [-0.2, 0) is 0 Å². The number of amides is 1. The standard InChI is InChI=1S/C17H21N3OS/c1-11(2)16-7-13(10-22-16)17(21)20-6-4-5-15(20)14-9-18-8-12(3)19-14/h7-11,15H,4-6H2,1-3H3/t15-/m0/s1. The first-order valence-corrected chi connectivity index (χ1v) is 8.62.